The molecule has 0 fully saturated rings. The number of para-hydroxylation sites is 2. The number of ether oxygens (including phenoxy) is 1. The molecule has 6 nitrogen and oxygen atoms in total. The first-order valence-corrected chi connectivity index (χ1v) is 11.5. The highest BCUT2D eigenvalue weighted by Gasteiger charge is 2.17. The van der Waals surface area contributed by atoms with Crippen molar-refractivity contribution in [2.24, 2.45) is 0 Å². The van der Waals surface area contributed by atoms with Crippen LogP contribution in [0, 0.1) is 6.92 Å². The van der Waals surface area contributed by atoms with Gasteiger partial charge in [0.15, 0.2) is 5.16 Å². The van der Waals surface area contributed by atoms with E-state index in [-0.39, 0.29) is 5.56 Å². The highest BCUT2D eigenvalue weighted by molar-refractivity contribution is 7.99. The standard InChI is InChI=1S/C25H22N4O2S/c1-18-12-14-19(15-13-18)28-23(30)21-10-5-6-11-22(21)29-24(28)26-27-25(29)32-17-7-16-31-20-8-3-2-4-9-20/h2-6,8-15H,7,16-17H2,1H3. The van der Waals surface area contributed by atoms with Gasteiger partial charge >= 0.3 is 0 Å². The van der Waals surface area contributed by atoms with Gasteiger partial charge in [0.1, 0.15) is 5.75 Å². The maximum absolute atomic E-state index is 13.3. The van der Waals surface area contributed by atoms with Crippen LogP contribution in [-0.4, -0.2) is 31.5 Å². The molecule has 0 bridgehead atoms. The summed E-state index contributed by atoms with van der Waals surface area (Å²) in [5.74, 6) is 2.21. The number of aryl methyl sites for hydroxylation is 1. The van der Waals surface area contributed by atoms with Gasteiger partial charge in [-0.05, 0) is 49.7 Å². The van der Waals surface area contributed by atoms with Gasteiger partial charge in [-0.2, -0.15) is 0 Å². The van der Waals surface area contributed by atoms with Crippen LogP contribution in [0.5, 0.6) is 5.75 Å². The lowest BCUT2D eigenvalue weighted by Gasteiger charge is -2.11. The fourth-order valence-corrected chi connectivity index (χ4v) is 4.48. The van der Waals surface area contributed by atoms with E-state index in [1.54, 1.807) is 16.3 Å². The van der Waals surface area contributed by atoms with Crippen molar-refractivity contribution in [1.29, 1.82) is 0 Å². The van der Waals surface area contributed by atoms with Gasteiger partial charge in [0.05, 0.1) is 23.2 Å². The van der Waals surface area contributed by atoms with Crippen LogP contribution in [0.3, 0.4) is 0 Å². The number of fused-ring (bicyclic) bond motifs is 3. The minimum absolute atomic E-state index is 0.0998. The average Bonchev–Trinajstić information content (AvgIpc) is 3.24. The maximum Gasteiger partial charge on any atom is 0.267 e. The smallest absolute Gasteiger partial charge is 0.267 e. The van der Waals surface area contributed by atoms with E-state index in [4.69, 9.17) is 4.74 Å². The second kappa shape index (κ2) is 8.88. The Morgan fingerprint density at radius 1 is 0.906 bits per heavy atom. The summed E-state index contributed by atoms with van der Waals surface area (Å²) in [6.07, 6.45) is 0.865. The van der Waals surface area contributed by atoms with Gasteiger partial charge in [0.2, 0.25) is 5.78 Å². The van der Waals surface area contributed by atoms with Crippen LogP contribution in [0.2, 0.25) is 0 Å². The molecule has 2 heterocycles. The third-order valence-corrected chi connectivity index (χ3v) is 6.23. The lowest BCUT2D eigenvalue weighted by Crippen LogP contribution is -2.21. The molecule has 0 saturated heterocycles. The molecule has 0 N–H and O–H groups in total. The Kier molecular flexibility index (Phi) is 5.64. The van der Waals surface area contributed by atoms with E-state index in [9.17, 15) is 4.79 Å². The van der Waals surface area contributed by atoms with E-state index in [0.717, 1.165) is 39.8 Å². The van der Waals surface area contributed by atoms with Crippen LogP contribution in [0.25, 0.3) is 22.4 Å². The Balaban J connectivity index is 1.47. The Morgan fingerprint density at radius 3 is 2.47 bits per heavy atom. The van der Waals surface area contributed by atoms with E-state index >= 15 is 0 Å². The third-order valence-electron chi connectivity index (χ3n) is 5.22. The highest BCUT2D eigenvalue weighted by Crippen LogP contribution is 2.24. The van der Waals surface area contributed by atoms with Gasteiger partial charge in [-0.1, -0.05) is 59.8 Å². The first-order valence-electron chi connectivity index (χ1n) is 10.5. The van der Waals surface area contributed by atoms with Crippen LogP contribution in [0.15, 0.2) is 88.8 Å². The van der Waals surface area contributed by atoms with Crippen molar-refractivity contribution in [3.05, 3.63) is 94.8 Å². The van der Waals surface area contributed by atoms with Crippen molar-refractivity contribution in [2.45, 2.75) is 18.5 Å². The first-order chi connectivity index (χ1) is 15.7. The van der Waals surface area contributed by atoms with Crippen molar-refractivity contribution in [3.63, 3.8) is 0 Å². The predicted molar refractivity (Wildman–Crippen MR) is 128 cm³/mol. The van der Waals surface area contributed by atoms with Crippen LogP contribution < -0.4 is 10.3 Å². The zero-order valence-electron chi connectivity index (χ0n) is 17.6. The number of aromatic nitrogens is 4. The topological polar surface area (TPSA) is 61.4 Å². The molecule has 0 aliphatic rings. The number of benzene rings is 3. The molecular weight excluding hydrogens is 420 g/mol. The molecule has 0 aliphatic carbocycles. The summed E-state index contributed by atoms with van der Waals surface area (Å²) in [5, 5.41) is 10.2. The Labute approximate surface area is 189 Å². The SMILES string of the molecule is Cc1ccc(-n2c(=O)c3ccccc3n3c(SCCCOc4ccccc4)nnc23)cc1. The summed E-state index contributed by atoms with van der Waals surface area (Å²) in [5.41, 5.74) is 2.62. The van der Waals surface area contributed by atoms with Gasteiger partial charge in [-0.3, -0.25) is 9.20 Å². The molecule has 5 rings (SSSR count). The fraction of sp³-hybridized carbons (Fsp3) is 0.160. The third kappa shape index (κ3) is 3.87. The molecule has 0 radical (unpaired) electrons. The molecule has 160 valence electrons. The van der Waals surface area contributed by atoms with Crippen LogP contribution in [0.1, 0.15) is 12.0 Å². The van der Waals surface area contributed by atoms with Gasteiger partial charge in [-0.25, -0.2) is 4.57 Å². The number of hydrogen-bond donors (Lipinski definition) is 0. The van der Waals surface area contributed by atoms with Gasteiger partial charge in [0, 0.05) is 5.75 Å². The minimum Gasteiger partial charge on any atom is -0.494 e. The Morgan fingerprint density at radius 2 is 1.66 bits per heavy atom. The van der Waals surface area contributed by atoms with Gasteiger partial charge < -0.3 is 4.74 Å². The summed E-state index contributed by atoms with van der Waals surface area (Å²) < 4.78 is 9.39. The van der Waals surface area contributed by atoms with E-state index in [2.05, 4.69) is 10.2 Å². The minimum atomic E-state index is -0.0998. The van der Waals surface area contributed by atoms with E-state index in [1.807, 2.05) is 90.2 Å². The molecule has 32 heavy (non-hydrogen) atoms. The molecule has 0 atom stereocenters. The van der Waals surface area contributed by atoms with Crippen LogP contribution >= 0.6 is 11.8 Å². The fourth-order valence-electron chi connectivity index (χ4n) is 3.63. The molecule has 0 unspecified atom stereocenters. The molecular formula is C25H22N4O2S. The van der Waals surface area contributed by atoms with E-state index in [1.165, 1.54) is 0 Å². The molecule has 0 aliphatic heterocycles. The molecule has 7 heteroatoms. The molecule has 2 aromatic heterocycles. The van der Waals surface area contributed by atoms with Crippen molar-refractivity contribution in [2.75, 3.05) is 12.4 Å². The number of hydrogen-bond acceptors (Lipinski definition) is 5. The zero-order valence-corrected chi connectivity index (χ0v) is 18.5. The molecule has 0 amide bonds. The van der Waals surface area contributed by atoms with Gasteiger partial charge in [-0.15, -0.1) is 10.2 Å². The largest absolute Gasteiger partial charge is 0.494 e. The number of nitrogens with zero attached hydrogens (tertiary/aromatic N) is 4. The maximum atomic E-state index is 13.3. The molecule has 0 saturated carbocycles. The van der Waals surface area contributed by atoms with Crippen molar-refractivity contribution < 1.29 is 4.74 Å². The van der Waals surface area contributed by atoms with Crippen molar-refractivity contribution in [3.8, 4) is 11.4 Å². The second-order valence-electron chi connectivity index (χ2n) is 7.47. The zero-order chi connectivity index (χ0) is 21.9. The lowest BCUT2D eigenvalue weighted by atomic mass is 10.2. The monoisotopic (exact) mass is 442 g/mol. The van der Waals surface area contributed by atoms with Crippen molar-refractivity contribution in [1.82, 2.24) is 19.2 Å². The summed E-state index contributed by atoms with van der Waals surface area (Å²) in [7, 11) is 0. The molecule has 0 spiro atoms. The lowest BCUT2D eigenvalue weighted by molar-refractivity contribution is 0.318. The van der Waals surface area contributed by atoms with E-state index < -0.39 is 0 Å². The van der Waals surface area contributed by atoms with Crippen LogP contribution in [0.4, 0.5) is 0 Å². The summed E-state index contributed by atoms with van der Waals surface area (Å²) in [6, 6.07) is 25.3. The second-order valence-corrected chi connectivity index (χ2v) is 8.54. The van der Waals surface area contributed by atoms with Crippen molar-refractivity contribution >= 4 is 28.4 Å². The highest BCUT2D eigenvalue weighted by atomic mass is 32.2. The number of thioether (sulfide) groups is 1. The van der Waals surface area contributed by atoms with E-state index in [0.29, 0.717) is 17.8 Å². The summed E-state index contributed by atoms with van der Waals surface area (Å²) in [4.78, 5) is 13.3. The van der Waals surface area contributed by atoms with Crippen LogP contribution in [-0.2, 0) is 0 Å². The normalized spacial score (nSPS) is 11.3. The Hall–Kier alpha value is -3.58. The average molecular weight is 443 g/mol. The quantitative estimate of drug-likeness (QED) is 0.265. The molecule has 5 aromatic rings. The summed E-state index contributed by atoms with van der Waals surface area (Å²) in [6.45, 7) is 2.65. The number of rotatable bonds is 7. The predicted octanol–water partition coefficient (Wildman–Crippen LogP) is 4.90. The Bertz CT molecular complexity index is 1430. The molecule has 3 aromatic carbocycles. The first kappa shape index (κ1) is 20.3. The summed E-state index contributed by atoms with van der Waals surface area (Å²) >= 11 is 1.61. The van der Waals surface area contributed by atoms with Gasteiger partial charge in [0.25, 0.3) is 5.56 Å².